The SMILES string of the molecule is CCCNC(=O)Nc1cnc2nc[nH]c2c1. The van der Waals surface area contributed by atoms with E-state index in [-0.39, 0.29) is 6.03 Å². The van der Waals surface area contributed by atoms with Gasteiger partial charge in [0.25, 0.3) is 0 Å². The Morgan fingerprint density at radius 1 is 1.50 bits per heavy atom. The Bertz CT molecular complexity index is 493. The number of hydrogen-bond donors (Lipinski definition) is 3. The molecule has 84 valence electrons. The van der Waals surface area contributed by atoms with Crippen LogP contribution >= 0.6 is 0 Å². The molecule has 0 aliphatic carbocycles. The fraction of sp³-hybridized carbons (Fsp3) is 0.300. The molecule has 0 saturated carbocycles. The molecule has 2 amide bonds. The van der Waals surface area contributed by atoms with Crippen LogP contribution in [0.15, 0.2) is 18.6 Å². The highest BCUT2D eigenvalue weighted by Crippen LogP contribution is 2.12. The molecule has 0 bridgehead atoms. The molecule has 0 unspecified atom stereocenters. The predicted molar refractivity (Wildman–Crippen MR) is 61.2 cm³/mol. The summed E-state index contributed by atoms with van der Waals surface area (Å²) in [7, 11) is 0. The van der Waals surface area contributed by atoms with Crippen LogP contribution in [-0.2, 0) is 0 Å². The molecule has 2 aromatic rings. The number of hydrogen-bond acceptors (Lipinski definition) is 3. The molecule has 0 spiro atoms. The average molecular weight is 219 g/mol. The quantitative estimate of drug-likeness (QED) is 0.731. The standard InChI is InChI=1S/C10H13N5O/c1-2-3-11-10(16)15-7-4-8-9(12-5-7)14-6-13-8/h4-6H,2-3H2,1H3,(H2,11,15,16)(H,12,13,14). The van der Waals surface area contributed by atoms with Gasteiger partial charge in [-0.3, -0.25) is 0 Å². The van der Waals surface area contributed by atoms with Gasteiger partial charge in [-0.25, -0.2) is 14.8 Å². The summed E-state index contributed by atoms with van der Waals surface area (Å²) >= 11 is 0. The van der Waals surface area contributed by atoms with Crippen molar-refractivity contribution < 1.29 is 4.79 Å². The van der Waals surface area contributed by atoms with Crippen LogP contribution in [0.5, 0.6) is 0 Å². The molecule has 0 aliphatic rings. The van der Waals surface area contributed by atoms with E-state index >= 15 is 0 Å². The third kappa shape index (κ3) is 2.28. The number of fused-ring (bicyclic) bond motifs is 1. The van der Waals surface area contributed by atoms with Gasteiger partial charge >= 0.3 is 6.03 Å². The molecule has 0 radical (unpaired) electrons. The number of aromatic amines is 1. The molecule has 6 nitrogen and oxygen atoms in total. The zero-order valence-corrected chi connectivity index (χ0v) is 8.95. The summed E-state index contributed by atoms with van der Waals surface area (Å²) in [5.41, 5.74) is 2.08. The highest BCUT2D eigenvalue weighted by atomic mass is 16.2. The van der Waals surface area contributed by atoms with Gasteiger partial charge in [0.05, 0.1) is 23.7 Å². The van der Waals surface area contributed by atoms with Gasteiger partial charge in [0, 0.05) is 6.54 Å². The molecule has 3 N–H and O–H groups in total. The third-order valence-corrected chi connectivity index (χ3v) is 2.07. The lowest BCUT2D eigenvalue weighted by Gasteiger charge is -2.05. The number of nitrogens with one attached hydrogen (secondary N) is 3. The van der Waals surface area contributed by atoms with Crippen molar-refractivity contribution in [1.29, 1.82) is 0 Å². The highest BCUT2D eigenvalue weighted by Gasteiger charge is 2.03. The van der Waals surface area contributed by atoms with E-state index < -0.39 is 0 Å². The first-order chi connectivity index (χ1) is 7.79. The van der Waals surface area contributed by atoms with Gasteiger partial charge in [0.2, 0.25) is 0 Å². The second kappa shape index (κ2) is 4.61. The first-order valence-corrected chi connectivity index (χ1v) is 5.13. The van der Waals surface area contributed by atoms with Gasteiger partial charge in [0.15, 0.2) is 5.65 Å². The fourth-order valence-corrected chi connectivity index (χ4v) is 1.31. The van der Waals surface area contributed by atoms with Crippen LogP contribution < -0.4 is 10.6 Å². The molecule has 0 aromatic carbocycles. The molecule has 2 heterocycles. The van der Waals surface area contributed by atoms with Crippen LogP contribution in [0.3, 0.4) is 0 Å². The fourth-order valence-electron chi connectivity index (χ4n) is 1.31. The average Bonchev–Trinajstić information content (AvgIpc) is 2.73. The smallest absolute Gasteiger partial charge is 0.319 e. The van der Waals surface area contributed by atoms with E-state index in [1.165, 1.54) is 0 Å². The summed E-state index contributed by atoms with van der Waals surface area (Å²) in [6.45, 7) is 2.66. The number of carbonyl (C=O) groups is 1. The summed E-state index contributed by atoms with van der Waals surface area (Å²) in [6, 6.07) is 1.57. The van der Waals surface area contributed by atoms with Crippen molar-refractivity contribution in [3.8, 4) is 0 Å². The third-order valence-electron chi connectivity index (χ3n) is 2.07. The molecule has 0 atom stereocenters. The number of amides is 2. The Labute approximate surface area is 92.5 Å². The zero-order valence-electron chi connectivity index (χ0n) is 8.95. The molecule has 16 heavy (non-hydrogen) atoms. The molecule has 0 aliphatic heterocycles. The van der Waals surface area contributed by atoms with Crippen LogP contribution in [0.4, 0.5) is 10.5 Å². The maximum Gasteiger partial charge on any atom is 0.319 e. The monoisotopic (exact) mass is 219 g/mol. The summed E-state index contributed by atoms with van der Waals surface area (Å²) in [4.78, 5) is 22.4. The first-order valence-electron chi connectivity index (χ1n) is 5.13. The summed E-state index contributed by atoms with van der Waals surface area (Å²) < 4.78 is 0. The van der Waals surface area contributed by atoms with Gasteiger partial charge in [0.1, 0.15) is 0 Å². The number of rotatable bonds is 3. The first kappa shape index (κ1) is 10.4. The van der Waals surface area contributed by atoms with E-state index in [0.717, 1.165) is 11.9 Å². The minimum Gasteiger partial charge on any atom is -0.343 e. The van der Waals surface area contributed by atoms with Crippen molar-refractivity contribution in [2.75, 3.05) is 11.9 Å². The van der Waals surface area contributed by atoms with E-state index in [1.54, 1.807) is 18.6 Å². The van der Waals surface area contributed by atoms with Gasteiger partial charge in [-0.1, -0.05) is 6.92 Å². The second-order valence-electron chi connectivity index (χ2n) is 3.38. The predicted octanol–water partition coefficient (Wildman–Crippen LogP) is 1.49. The number of anilines is 1. The number of nitrogens with zero attached hydrogens (tertiary/aromatic N) is 2. The second-order valence-corrected chi connectivity index (χ2v) is 3.38. The van der Waals surface area contributed by atoms with Crippen molar-refractivity contribution in [1.82, 2.24) is 20.3 Å². The summed E-state index contributed by atoms with van der Waals surface area (Å²) in [6.07, 6.45) is 4.05. The van der Waals surface area contributed by atoms with E-state index in [1.807, 2.05) is 6.92 Å². The van der Waals surface area contributed by atoms with Crippen LogP contribution in [0, 0.1) is 0 Å². The van der Waals surface area contributed by atoms with Crippen LogP contribution in [0.2, 0.25) is 0 Å². The number of carbonyl (C=O) groups excluding carboxylic acids is 1. The van der Waals surface area contributed by atoms with Crippen molar-refractivity contribution >= 4 is 22.9 Å². The lowest BCUT2D eigenvalue weighted by Crippen LogP contribution is -2.29. The van der Waals surface area contributed by atoms with Gasteiger partial charge in [-0.05, 0) is 12.5 Å². The molecule has 0 fully saturated rings. The Morgan fingerprint density at radius 3 is 3.19 bits per heavy atom. The zero-order chi connectivity index (χ0) is 11.4. The largest absolute Gasteiger partial charge is 0.343 e. The number of imidazole rings is 1. The van der Waals surface area contributed by atoms with Crippen molar-refractivity contribution in [3.63, 3.8) is 0 Å². The van der Waals surface area contributed by atoms with Gasteiger partial charge in [-0.15, -0.1) is 0 Å². The lowest BCUT2D eigenvalue weighted by molar-refractivity contribution is 0.252. The van der Waals surface area contributed by atoms with E-state index in [0.29, 0.717) is 17.9 Å². The Balaban J connectivity index is 2.06. The van der Waals surface area contributed by atoms with Crippen molar-refractivity contribution in [2.45, 2.75) is 13.3 Å². The number of H-pyrrole nitrogens is 1. The van der Waals surface area contributed by atoms with Crippen molar-refractivity contribution in [3.05, 3.63) is 18.6 Å². The molecule has 6 heteroatoms. The van der Waals surface area contributed by atoms with Crippen LogP contribution in [0.1, 0.15) is 13.3 Å². The Hall–Kier alpha value is -2.11. The Morgan fingerprint density at radius 2 is 2.38 bits per heavy atom. The number of aromatic nitrogens is 3. The number of urea groups is 1. The van der Waals surface area contributed by atoms with Gasteiger partial charge in [-0.2, -0.15) is 0 Å². The van der Waals surface area contributed by atoms with Crippen LogP contribution in [0.25, 0.3) is 11.2 Å². The lowest BCUT2D eigenvalue weighted by atomic mass is 10.4. The topological polar surface area (TPSA) is 82.7 Å². The Kier molecular flexibility index (Phi) is 3.00. The van der Waals surface area contributed by atoms with E-state index in [4.69, 9.17) is 0 Å². The maximum absolute atomic E-state index is 11.4. The molecule has 2 rings (SSSR count). The molecular weight excluding hydrogens is 206 g/mol. The molecule has 2 aromatic heterocycles. The van der Waals surface area contributed by atoms with E-state index in [2.05, 4.69) is 25.6 Å². The van der Waals surface area contributed by atoms with E-state index in [9.17, 15) is 4.79 Å². The van der Waals surface area contributed by atoms with Gasteiger partial charge < -0.3 is 15.6 Å². The summed E-state index contributed by atoms with van der Waals surface area (Å²) in [5, 5.41) is 5.42. The minimum absolute atomic E-state index is 0.220. The number of pyridine rings is 1. The molecular formula is C10H13N5O. The molecule has 0 saturated heterocycles. The minimum atomic E-state index is -0.220. The van der Waals surface area contributed by atoms with Crippen molar-refractivity contribution in [2.24, 2.45) is 0 Å². The van der Waals surface area contributed by atoms with Crippen LogP contribution in [-0.4, -0.2) is 27.5 Å². The maximum atomic E-state index is 11.4. The highest BCUT2D eigenvalue weighted by molar-refractivity contribution is 5.90. The normalized spacial score (nSPS) is 10.3. The summed E-state index contributed by atoms with van der Waals surface area (Å²) in [5.74, 6) is 0.